The molecule has 1 aliphatic heterocycles. The predicted molar refractivity (Wildman–Crippen MR) is 161 cm³/mol. The van der Waals surface area contributed by atoms with E-state index in [1.807, 2.05) is 14.0 Å². The van der Waals surface area contributed by atoms with Crippen LogP contribution in [0.25, 0.3) is 0 Å². The first kappa shape index (κ1) is 29.3. The fourth-order valence-electron chi connectivity index (χ4n) is 6.19. The third kappa shape index (κ3) is 5.25. The third-order valence-electron chi connectivity index (χ3n) is 8.04. The molecule has 2 aromatic rings. The molecule has 0 radical (unpaired) electrons. The van der Waals surface area contributed by atoms with Crippen molar-refractivity contribution in [2.24, 2.45) is 10.8 Å². The van der Waals surface area contributed by atoms with E-state index in [9.17, 15) is 18.0 Å². The molecule has 2 aliphatic carbocycles. The first-order valence-corrected chi connectivity index (χ1v) is 16.3. The minimum atomic E-state index is -4.10. The maximum atomic E-state index is 13.7. The number of Topliss-reactive ketones (excluding diaryl/α,β-unsaturated/α-hetero) is 2. The van der Waals surface area contributed by atoms with Crippen LogP contribution in [0.15, 0.2) is 72.8 Å². The second-order valence-electron chi connectivity index (χ2n) is 12.8. The summed E-state index contributed by atoms with van der Waals surface area (Å²) in [6, 6.07) is 9.99. The van der Waals surface area contributed by atoms with Crippen LogP contribution in [0, 0.1) is 17.8 Å². The predicted octanol–water partition coefficient (Wildman–Crippen LogP) is 7.60. The summed E-state index contributed by atoms with van der Waals surface area (Å²) in [7, 11) is -2.12. The van der Waals surface area contributed by atoms with Crippen molar-refractivity contribution in [2.45, 2.75) is 71.1 Å². The molecular weight excluding hydrogens is 658 g/mol. The zero-order valence-corrected chi connectivity index (χ0v) is 27.5. The van der Waals surface area contributed by atoms with Gasteiger partial charge in [0.15, 0.2) is 17.3 Å². The van der Waals surface area contributed by atoms with E-state index in [2.05, 4.69) is 64.5 Å². The molecule has 5 rings (SSSR count). The molecule has 0 amide bonds. The van der Waals surface area contributed by atoms with E-state index in [4.69, 9.17) is 4.18 Å². The number of benzene rings is 2. The van der Waals surface area contributed by atoms with Crippen LogP contribution in [0.1, 0.15) is 70.4 Å². The molecule has 0 aromatic heterocycles. The molecular formula is C31H33Br2NO5S. The summed E-state index contributed by atoms with van der Waals surface area (Å²) in [5.41, 5.74) is 4.53. The van der Waals surface area contributed by atoms with E-state index in [0.29, 0.717) is 32.9 Å². The van der Waals surface area contributed by atoms with Crippen molar-refractivity contribution in [1.29, 1.82) is 0 Å². The molecule has 0 saturated carbocycles. The maximum Gasteiger partial charge on any atom is 0.339 e. The number of rotatable bonds is 4. The minimum Gasteiger partial charge on any atom is -0.377 e. The van der Waals surface area contributed by atoms with Crippen molar-refractivity contribution >= 4 is 53.5 Å². The molecule has 0 saturated heterocycles. The Morgan fingerprint density at radius 2 is 1.27 bits per heavy atom. The lowest BCUT2D eigenvalue weighted by molar-refractivity contribution is -0.119. The Bertz CT molecular complexity index is 1540. The lowest BCUT2D eigenvalue weighted by Gasteiger charge is -2.48. The van der Waals surface area contributed by atoms with Crippen molar-refractivity contribution in [3.8, 4) is 5.75 Å². The monoisotopic (exact) mass is 689 g/mol. The second-order valence-corrected chi connectivity index (χ2v) is 16.0. The number of aryl methyl sites for hydroxylation is 1. The fourth-order valence-corrected chi connectivity index (χ4v) is 8.75. The molecule has 212 valence electrons. The summed E-state index contributed by atoms with van der Waals surface area (Å²) in [4.78, 5) is 29.6. The van der Waals surface area contributed by atoms with Crippen molar-refractivity contribution in [2.75, 3.05) is 7.05 Å². The van der Waals surface area contributed by atoms with E-state index in [-0.39, 0.29) is 33.0 Å². The summed E-state index contributed by atoms with van der Waals surface area (Å²) in [5, 5.41) is 0. The largest absolute Gasteiger partial charge is 0.377 e. The number of halogens is 2. The van der Waals surface area contributed by atoms with Gasteiger partial charge in [0.2, 0.25) is 0 Å². The van der Waals surface area contributed by atoms with E-state index < -0.39 is 16.0 Å². The average molecular weight is 691 g/mol. The Morgan fingerprint density at radius 3 is 1.73 bits per heavy atom. The fraction of sp³-hybridized carbons (Fsp3) is 0.419. The van der Waals surface area contributed by atoms with Crippen molar-refractivity contribution in [3.05, 3.63) is 79.0 Å². The standard InChI is InChI=1S/C31H33Br2NO5S/c1-17-7-9-19(10-8-17)40(37,38)39-29-20(32)11-18(12-21(29)33)26-27-22(13-30(2,3)15-24(27)35)34(6)23-14-31(4,5)16-25(36)28(23)26/h7-12,26H,13-16H2,1-6H3. The van der Waals surface area contributed by atoms with Gasteiger partial charge in [0, 0.05) is 48.3 Å². The zero-order valence-electron chi connectivity index (χ0n) is 23.5. The Morgan fingerprint density at radius 1 is 0.825 bits per heavy atom. The van der Waals surface area contributed by atoms with Crippen LogP contribution in [0.4, 0.5) is 0 Å². The van der Waals surface area contributed by atoms with Crippen LogP contribution in [0.3, 0.4) is 0 Å². The number of hydrogen-bond donors (Lipinski definition) is 0. The minimum absolute atomic E-state index is 0.0433. The van der Waals surface area contributed by atoms with E-state index in [1.165, 1.54) is 12.1 Å². The molecule has 40 heavy (non-hydrogen) atoms. The van der Waals surface area contributed by atoms with Gasteiger partial charge in [0.1, 0.15) is 4.90 Å². The Hall–Kier alpha value is -2.23. The molecule has 0 N–H and O–H groups in total. The van der Waals surface area contributed by atoms with Gasteiger partial charge in [-0.05, 0) is 92.3 Å². The van der Waals surface area contributed by atoms with Gasteiger partial charge < -0.3 is 9.08 Å². The number of hydrogen-bond acceptors (Lipinski definition) is 6. The van der Waals surface area contributed by atoms with Gasteiger partial charge in [-0.2, -0.15) is 8.42 Å². The molecule has 0 spiro atoms. The van der Waals surface area contributed by atoms with Gasteiger partial charge in [0.25, 0.3) is 0 Å². The molecule has 2 aromatic carbocycles. The summed E-state index contributed by atoms with van der Waals surface area (Å²) in [6.07, 6.45) is 2.25. The van der Waals surface area contributed by atoms with Gasteiger partial charge in [-0.1, -0.05) is 45.4 Å². The van der Waals surface area contributed by atoms with Crippen molar-refractivity contribution in [1.82, 2.24) is 4.90 Å². The number of ketones is 2. The van der Waals surface area contributed by atoms with Crippen LogP contribution >= 0.6 is 31.9 Å². The van der Waals surface area contributed by atoms with E-state index >= 15 is 0 Å². The molecule has 0 unspecified atom stereocenters. The lowest BCUT2D eigenvalue weighted by atomic mass is 9.64. The van der Waals surface area contributed by atoms with Crippen molar-refractivity contribution < 1.29 is 22.2 Å². The van der Waals surface area contributed by atoms with Crippen LogP contribution in [-0.4, -0.2) is 31.9 Å². The SMILES string of the molecule is Cc1ccc(S(=O)(=O)Oc2c(Br)cc(C3C4=C(CC(C)(C)CC4=O)N(C)C4=C3C(=O)CC(C)(C)C4)cc2Br)cc1. The van der Waals surface area contributed by atoms with Crippen LogP contribution in [0.5, 0.6) is 5.75 Å². The van der Waals surface area contributed by atoms with Gasteiger partial charge in [-0.3, -0.25) is 9.59 Å². The molecule has 0 atom stereocenters. The lowest BCUT2D eigenvalue weighted by Crippen LogP contribution is -2.43. The highest BCUT2D eigenvalue weighted by molar-refractivity contribution is 9.11. The average Bonchev–Trinajstić information content (AvgIpc) is 2.81. The summed E-state index contributed by atoms with van der Waals surface area (Å²) < 4.78 is 32.5. The highest BCUT2D eigenvalue weighted by atomic mass is 79.9. The maximum absolute atomic E-state index is 13.7. The quantitative estimate of drug-likeness (QED) is 0.308. The van der Waals surface area contributed by atoms with Crippen molar-refractivity contribution in [3.63, 3.8) is 0 Å². The molecule has 0 fully saturated rings. The van der Waals surface area contributed by atoms with E-state index in [0.717, 1.165) is 35.4 Å². The van der Waals surface area contributed by atoms with Gasteiger partial charge in [0.05, 0.1) is 8.95 Å². The summed E-state index contributed by atoms with van der Waals surface area (Å²) in [6.45, 7) is 10.3. The first-order chi connectivity index (χ1) is 18.5. The molecule has 0 bridgehead atoms. The highest BCUT2D eigenvalue weighted by Crippen LogP contribution is 2.54. The summed E-state index contributed by atoms with van der Waals surface area (Å²) in [5.74, 6) is -0.347. The van der Waals surface area contributed by atoms with Gasteiger partial charge in [-0.25, -0.2) is 0 Å². The first-order valence-electron chi connectivity index (χ1n) is 13.3. The summed E-state index contributed by atoms with van der Waals surface area (Å²) >= 11 is 7.05. The normalized spacial score (nSPS) is 20.9. The number of nitrogens with zero attached hydrogens (tertiary/aromatic N) is 1. The number of carbonyl (C=O) groups is 2. The second kappa shape index (κ2) is 9.95. The van der Waals surface area contributed by atoms with Crippen LogP contribution in [-0.2, 0) is 19.7 Å². The van der Waals surface area contributed by atoms with Gasteiger partial charge >= 0.3 is 10.1 Å². The van der Waals surface area contributed by atoms with E-state index in [1.54, 1.807) is 24.3 Å². The number of carbonyl (C=O) groups excluding carboxylic acids is 2. The zero-order chi connectivity index (χ0) is 29.4. The highest BCUT2D eigenvalue weighted by Gasteiger charge is 2.48. The van der Waals surface area contributed by atoms with Crippen LogP contribution in [0.2, 0.25) is 0 Å². The van der Waals surface area contributed by atoms with Crippen LogP contribution < -0.4 is 4.18 Å². The Balaban J connectivity index is 1.64. The Labute approximate surface area is 253 Å². The molecule has 9 heteroatoms. The van der Waals surface area contributed by atoms with Gasteiger partial charge in [-0.15, -0.1) is 0 Å². The number of allylic oxidation sites excluding steroid dienone is 4. The topological polar surface area (TPSA) is 80.8 Å². The third-order valence-corrected chi connectivity index (χ3v) is 10.5. The molecule has 1 heterocycles. The molecule has 3 aliphatic rings. The smallest absolute Gasteiger partial charge is 0.339 e. The Kier molecular flexibility index (Phi) is 7.28. The molecule has 6 nitrogen and oxygen atoms in total.